The predicted molar refractivity (Wildman–Crippen MR) is 64.3 cm³/mol. The fourth-order valence-corrected chi connectivity index (χ4v) is 2.83. The van der Waals surface area contributed by atoms with Gasteiger partial charge in [0.2, 0.25) is 0 Å². The van der Waals surface area contributed by atoms with E-state index in [0.29, 0.717) is 5.92 Å². The molecule has 5 heteroatoms. The van der Waals surface area contributed by atoms with Crippen LogP contribution in [-0.4, -0.2) is 21.5 Å². The molecule has 1 aromatic carbocycles. The van der Waals surface area contributed by atoms with E-state index >= 15 is 0 Å². The van der Waals surface area contributed by atoms with Crippen molar-refractivity contribution in [2.75, 3.05) is 13.1 Å². The fourth-order valence-electron chi connectivity index (χ4n) is 2.06. The fraction of sp³-hybridized carbons (Fsp3) is 0.455. The van der Waals surface area contributed by atoms with Gasteiger partial charge in [0, 0.05) is 10.7 Å². The molecule has 0 amide bonds. The minimum atomic E-state index is -3.59. The summed E-state index contributed by atoms with van der Waals surface area (Å²) in [7, 11) is 1.67. The molecule has 88 valence electrons. The minimum Gasteiger partial charge on any atom is -0.317 e. The molecule has 1 heterocycles. The SMILES string of the molecule is O=S(=O)(Cl)c1ccc(C2CCNCC2)cc1. The third-order valence-electron chi connectivity index (χ3n) is 2.97. The Morgan fingerprint density at radius 1 is 1.12 bits per heavy atom. The Balaban J connectivity index is 2.18. The molecule has 1 aromatic rings. The molecule has 1 saturated heterocycles. The maximum absolute atomic E-state index is 11.1. The summed E-state index contributed by atoms with van der Waals surface area (Å²) >= 11 is 0. The highest BCUT2D eigenvalue weighted by molar-refractivity contribution is 8.13. The van der Waals surface area contributed by atoms with Gasteiger partial charge in [-0.1, -0.05) is 12.1 Å². The van der Waals surface area contributed by atoms with Crippen LogP contribution in [0.3, 0.4) is 0 Å². The van der Waals surface area contributed by atoms with Crippen LogP contribution in [0.15, 0.2) is 29.2 Å². The van der Waals surface area contributed by atoms with Gasteiger partial charge in [-0.15, -0.1) is 0 Å². The van der Waals surface area contributed by atoms with Gasteiger partial charge in [0.15, 0.2) is 0 Å². The molecule has 0 saturated carbocycles. The zero-order chi connectivity index (χ0) is 11.6. The van der Waals surface area contributed by atoms with E-state index in [9.17, 15) is 8.42 Å². The van der Waals surface area contributed by atoms with Crippen LogP contribution in [-0.2, 0) is 9.05 Å². The van der Waals surface area contributed by atoms with E-state index in [1.165, 1.54) is 5.56 Å². The monoisotopic (exact) mass is 259 g/mol. The maximum atomic E-state index is 11.1. The summed E-state index contributed by atoms with van der Waals surface area (Å²) in [6.45, 7) is 2.06. The summed E-state index contributed by atoms with van der Waals surface area (Å²) in [6, 6.07) is 6.90. The molecule has 16 heavy (non-hydrogen) atoms. The van der Waals surface area contributed by atoms with Crippen LogP contribution in [0.25, 0.3) is 0 Å². The second-order valence-corrected chi connectivity index (χ2v) is 6.60. The highest BCUT2D eigenvalue weighted by atomic mass is 35.7. The first-order chi connectivity index (χ1) is 7.57. The standard InChI is InChI=1S/C11H14ClNO2S/c12-16(14,15)11-3-1-9(2-4-11)10-5-7-13-8-6-10/h1-4,10,13H,5-8H2. The molecule has 0 atom stereocenters. The third-order valence-corrected chi connectivity index (χ3v) is 4.34. The number of nitrogens with one attached hydrogen (secondary N) is 1. The topological polar surface area (TPSA) is 46.2 Å². The van der Waals surface area contributed by atoms with Crippen molar-refractivity contribution in [2.45, 2.75) is 23.7 Å². The Morgan fingerprint density at radius 2 is 1.69 bits per heavy atom. The Morgan fingerprint density at radius 3 is 2.19 bits per heavy atom. The van der Waals surface area contributed by atoms with Crippen molar-refractivity contribution in [3.8, 4) is 0 Å². The summed E-state index contributed by atoms with van der Waals surface area (Å²) in [5, 5.41) is 3.30. The molecule has 1 aliphatic rings. The van der Waals surface area contributed by atoms with Gasteiger partial charge in [-0.05, 0) is 49.5 Å². The molecule has 0 unspecified atom stereocenters. The average molecular weight is 260 g/mol. The van der Waals surface area contributed by atoms with E-state index in [1.807, 2.05) is 12.1 Å². The predicted octanol–water partition coefficient (Wildman–Crippen LogP) is 2.08. The van der Waals surface area contributed by atoms with E-state index in [2.05, 4.69) is 5.32 Å². The summed E-state index contributed by atoms with van der Waals surface area (Å²) < 4.78 is 22.2. The number of hydrogen-bond donors (Lipinski definition) is 1. The summed E-state index contributed by atoms with van der Waals surface area (Å²) in [6.07, 6.45) is 2.21. The first kappa shape index (κ1) is 11.9. The van der Waals surface area contributed by atoms with Gasteiger partial charge in [-0.2, -0.15) is 0 Å². The van der Waals surface area contributed by atoms with Crippen LogP contribution in [0.4, 0.5) is 0 Å². The lowest BCUT2D eigenvalue weighted by Crippen LogP contribution is -2.26. The Labute approximate surface area is 100 Å². The molecular formula is C11H14ClNO2S. The molecule has 0 radical (unpaired) electrons. The number of halogens is 1. The first-order valence-corrected chi connectivity index (χ1v) is 7.63. The Hall–Kier alpha value is -0.580. The third kappa shape index (κ3) is 2.75. The lowest BCUT2D eigenvalue weighted by Gasteiger charge is -2.22. The number of rotatable bonds is 2. The number of benzene rings is 1. The van der Waals surface area contributed by atoms with Crippen LogP contribution in [0.1, 0.15) is 24.3 Å². The van der Waals surface area contributed by atoms with E-state index < -0.39 is 9.05 Å². The van der Waals surface area contributed by atoms with Crippen LogP contribution >= 0.6 is 10.7 Å². The molecule has 1 aliphatic heterocycles. The van der Waals surface area contributed by atoms with Crippen molar-refractivity contribution in [1.82, 2.24) is 5.32 Å². The molecule has 2 rings (SSSR count). The van der Waals surface area contributed by atoms with Crippen LogP contribution < -0.4 is 5.32 Å². The molecule has 0 bridgehead atoms. The molecular weight excluding hydrogens is 246 g/mol. The maximum Gasteiger partial charge on any atom is 0.261 e. The van der Waals surface area contributed by atoms with Crippen molar-refractivity contribution in [3.63, 3.8) is 0 Å². The average Bonchev–Trinajstić information content (AvgIpc) is 2.29. The zero-order valence-corrected chi connectivity index (χ0v) is 10.4. The number of hydrogen-bond acceptors (Lipinski definition) is 3. The first-order valence-electron chi connectivity index (χ1n) is 5.33. The van der Waals surface area contributed by atoms with Gasteiger partial charge in [0.1, 0.15) is 0 Å². The summed E-state index contributed by atoms with van der Waals surface area (Å²) in [5.41, 5.74) is 1.20. The van der Waals surface area contributed by atoms with E-state index in [-0.39, 0.29) is 4.90 Å². The van der Waals surface area contributed by atoms with Crippen molar-refractivity contribution < 1.29 is 8.42 Å². The molecule has 1 N–H and O–H groups in total. The Kier molecular flexibility index (Phi) is 3.52. The van der Waals surface area contributed by atoms with Crippen molar-refractivity contribution in [2.24, 2.45) is 0 Å². The number of piperidine rings is 1. The highest BCUT2D eigenvalue weighted by Gasteiger charge is 2.16. The molecule has 3 nitrogen and oxygen atoms in total. The van der Waals surface area contributed by atoms with Gasteiger partial charge < -0.3 is 5.32 Å². The van der Waals surface area contributed by atoms with Crippen LogP contribution in [0.2, 0.25) is 0 Å². The van der Waals surface area contributed by atoms with Gasteiger partial charge in [0.05, 0.1) is 4.90 Å². The summed E-state index contributed by atoms with van der Waals surface area (Å²) in [5.74, 6) is 0.535. The smallest absolute Gasteiger partial charge is 0.261 e. The van der Waals surface area contributed by atoms with Gasteiger partial charge in [-0.25, -0.2) is 8.42 Å². The van der Waals surface area contributed by atoms with Crippen LogP contribution in [0.5, 0.6) is 0 Å². The van der Waals surface area contributed by atoms with E-state index in [4.69, 9.17) is 10.7 Å². The van der Waals surface area contributed by atoms with Crippen LogP contribution in [0, 0.1) is 0 Å². The Bertz CT molecular complexity index is 449. The largest absolute Gasteiger partial charge is 0.317 e. The lowest BCUT2D eigenvalue weighted by atomic mass is 9.90. The van der Waals surface area contributed by atoms with Crippen molar-refractivity contribution in [3.05, 3.63) is 29.8 Å². The van der Waals surface area contributed by atoms with Gasteiger partial charge >= 0.3 is 0 Å². The second kappa shape index (κ2) is 4.73. The molecule has 0 spiro atoms. The van der Waals surface area contributed by atoms with E-state index in [1.54, 1.807) is 12.1 Å². The lowest BCUT2D eigenvalue weighted by molar-refractivity contribution is 0.460. The zero-order valence-electron chi connectivity index (χ0n) is 8.82. The molecule has 0 aromatic heterocycles. The van der Waals surface area contributed by atoms with E-state index in [0.717, 1.165) is 25.9 Å². The van der Waals surface area contributed by atoms with Crippen molar-refractivity contribution in [1.29, 1.82) is 0 Å². The minimum absolute atomic E-state index is 0.173. The molecule has 0 aliphatic carbocycles. The van der Waals surface area contributed by atoms with Crippen molar-refractivity contribution >= 4 is 19.7 Å². The van der Waals surface area contributed by atoms with Gasteiger partial charge in [-0.3, -0.25) is 0 Å². The molecule has 1 fully saturated rings. The quantitative estimate of drug-likeness (QED) is 0.828. The highest BCUT2D eigenvalue weighted by Crippen LogP contribution is 2.26. The normalized spacial score (nSPS) is 18.6. The second-order valence-electron chi connectivity index (χ2n) is 4.03. The van der Waals surface area contributed by atoms with Gasteiger partial charge in [0.25, 0.3) is 9.05 Å². The summed E-state index contributed by atoms with van der Waals surface area (Å²) in [4.78, 5) is 0.173.